The summed E-state index contributed by atoms with van der Waals surface area (Å²) in [6, 6.07) is 3.94. The van der Waals surface area contributed by atoms with Gasteiger partial charge in [0.1, 0.15) is 5.82 Å². The Labute approximate surface area is 85.5 Å². The van der Waals surface area contributed by atoms with Crippen LogP contribution in [-0.2, 0) is 4.79 Å². The summed E-state index contributed by atoms with van der Waals surface area (Å²) in [6.07, 6.45) is 0.0927. The van der Waals surface area contributed by atoms with Gasteiger partial charge in [0.25, 0.3) is 0 Å². The Hall–Kier alpha value is -1.71. The van der Waals surface area contributed by atoms with E-state index in [0.717, 1.165) is 0 Å². The summed E-state index contributed by atoms with van der Waals surface area (Å²) in [5.74, 6) is -1.87. The summed E-state index contributed by atoms with van der Waals surface area (Å²) < 4.78 is 12.9. The molecule has 1 unspecified atom stereocenters. The van der Waals surface area contributed by atoms with Crippen molar-refractivity contribution in [3.63, 3.8) is 0 Å². The zero-order chi connectivity index (χ0) is 11.0. The van der Waals surface area contributed by atoms with Crippen molar-refractivity contribution in [2.24, 2.45) is 0 Å². The molecule has 0 saturated heterocycles. The summed E-state index contributed by atoms with van der Waals surface area (Å²) in [5, 5.41) is 8.65. The summed E-state index contributed by atoms with van der Waals surface area (Å²) in [5.41, 5.74) is 0.991. The van der Waals surface area contributed by atoms with Gasteiger partial charge in [0, 0.05) is 17.9 Å². The molecule has 0 amide bonds. The molecule has 1 aliphatic rings. The average molecular weight is 208 g/mol. The maximum atomic E-state index is 12.9. The van der Waals surface area contributed by atoms with Crippen molar-refractivity contribution in [3.8, 4) is 0 Å². The number of aliphatic carboxylic acids is 1. The molecule has 0 fully saturated rings. The monoisotopic (exact) mass is 208 g/mol. The lowest BCUT2D eigenvalue weighted by atomic mass is 9.98. The van der Waals surface area contributed by atoms with Gasteiger partial charge < -0.3 is 5.11 Å². The number of halogens is 1. The van der Waals surface area contributed by atoms with Crippen LogP contribution >= 0.6 is 0 Å². The lowest BCUT2D eigenvalue weighted by Crippen LogP contribution is -2.03. The molecule has 1 atom stereocenters. The molecule has 3 nitrogen and oxygen atoms in total. The number of ketones is 1. The highest BCUT2D eigenvalue weighted by atomic mass is 19.1. The lowest BCUT2D eigenvalue weighted by Gasteiger charge is -2.06. The zero-order valence-electron chi connectivity index (χ0n) is 7.87. The van der Waals surface area contributed by atoms with Crippen LogP contribution in [-0.4, -0.2) is 16.9 Å². The van der Waals surface area contributed by atoms with Crippen LogP contribution in [0, 0.1) is 5.82 Å². The molecule has 1 aliphatic carbocycles. The van der Waals surface area contributed by atoms with E-state index in [9.17, 15) is 14.0 Å². The number of carboxylic acids is 1. The summed E-state index contributed by atoms with van der Waals surface area (Å²) >= 11 is 0. The first kappa shape index (κ1) is 9.83. The van der Waals surface area contributed by atoms with Crippen LogP contribution in [0.15, 0.2) is 18.2 Å². The van der Waals surface area contributed by atoms with Crippen LogP contribution in [0.4, 0.5) is 4.39 Å². The zero-order valence-corrected chi connectivity index (χ0v) is 7.87. The molecule has 0 radical (unpaired) electrons. The Balaban J connectivity index is 2.38. The third-order valence-corrected chi connectivity index (χ3v) is 2.61. The number of rotatable bonds is 2. The van der Waals surface area contributed by atoms with Gasteiger partial charge in [-0.15, -0.1) is 0 Å². The quantitative estimate of drug-likeness (QED) is 0.808. The Bertz CT molecular complexity index is 439. The smallest absolute Gasteiger partial charge is 0.303 e. The molecule has 2 rings (SSSR count). The van der Waals surface area contributed by atoms with E-state index in [-0.39, 0.29) is 24.5 Å². The molecule has 1 aromatic carbocycles. The molecule has 0 aliphatic heterocycles. The average Bonchev–Trinajstić information content (AvgIpc) is 2.42. The highest BCUT2D eigenvalue weighted by molar-refractivity contribution is 6.01. The maximum absolute atomic E-state index is 12.9. The first-order valence-electron chi connectivity index (χ1n) is 4.62. The second-order valence-corrected chi connectivity index (χ2v) is 3.65. The number of carbonyl (C=O) groups excluding carboxylic acids is 1. The molecule has 0 aromatic heterocycles. The van der Waals surface area contributed by atoms with Gasteiger partial charge in [-0.05, 0) is 17.7 Å². The number of benzene rings is 1. The van der Waals surface area contributed by atoms with Crippen molar-refractivity contribution in [1.82, 2.24) is 0 Å². The molecule has 4 heteroatoms. The fraction of sp³-hybridized carbons (Fsp3) is 0.273. The van der Waals surface area contributed by atoms with Gasteiger partial charge in [-0.2, -0.15) is 0 Å². The third kappa shape index (κ3) is 1.75. The van der Waals surface area contributed by atoms with E-state index in [1.54, 1.807) is 0 Å². The fourth-order valence-electron chi connectivity index (χ4n) is 1.96. The second-order valence-electron chi connectivity index (χ2n) is 3.65. The Morgan fingerprint density at radius 2 is 2.27 bits per heavy atom. The Kier molecular flexibility index (Phi) is 2.26. The largest absolute Gasteiger partial charge is 0.481 e. The number of fused-ring (bicyclic) bond motifs is 1. The normalized spacial score (nSPS) is 19.0. The SMILES string of the molecule is O=C(O)CC1CC(=O)c2cc(F)ccc21. The fourth-order valence-corrected chi connectivity index (χ4v) is 1.96. The molecule has 0 bridgehead atoms. The third-order valence-electron chi connectivity index (χ3n) is 2.61. The Morgan fingerprint density at radius 3 is 2.93 bits per heavy atom. The van der Waals surface area contributed by atoms with Gasteiger partial charge in [0.15, 0.2) is 5.78 Å². The van der Waals surface area contributed by atoms with E-state index >= 15 is 0 Å². The van der Waals surface area contributed by atoms with Crippen LogP contribution in [0.5, 0.6) is 0 Å². The lowest BCUT2D eigenvalue weighted by molar-refractivity contribution is -0.137. The van der Waals surface area contributed by atoms with Gasteiger partial charge in [0.2, 0.25) is 0 Å². The summed E-state index contributed by atoms with van der Waals surface area (Å²) in [7, 11) is 0. The van der Waals surface area contributed by atoms with Crippen LogP contribution in [0.25, 0.3) is 0 Å². The van der Waals surface area contributed by atoms with E-state index < -0.39 is 11.8 Å². The molecule has 78 valence electrons. The van der Waals surface area contributed by atoms with Crippen molar-refractivity contribution in [3.05, 3.63) is 35.1 Å². The number of Topliss-reactive ketones (excluding diaryl/α,β-unsaturated/α-hetero) is 1. The van der Waals surface area contributed by atoms with Crippen molar-refractivity contribution in [2.75, 3.05) is 0 Å². The molecule has 15 heavy (non-hydrogen) atoms. The molecular weight excluding hydrogens is 199 g/mol. The van der Waals surface area contributed by atoms with Gasteiger partial charge in [0.05, 0.1) is 6.42 Å². The molecule has 0 heterocycles. The second kappa shape index (κ2) is 3.46. The molecule has 0 spiro atoms. The predicted molar refractivity (Wildman–Crippen MR) is 50.3 cm³/mol. The van der Waals surface area contributed by atoms with E-state index in [2.05, 4.69) is 0 Å². The topological polar surface area (TPSA) is 54.4 Å². The van der Waals surface area contributed by atoms with Gasteiger partial charge in [-0.3, -0.25) is 9.59 Å². The number of carbonyl (C=O) groups is 2. The van der Waals surface area contributed by atoms with E-state index in [1.807, 2.05) is 0 Å². The van der Waals surface area contributed by atoms with Crippen molar-refractivity contribution in [2.45, 2.75) is 18.8 Å². The molecule has 1 N–H and O–H groups in total. The summed E-state index contributed by atoms with van der Waals surface area (Å²) in [4.78, 5) is 22.0. The molecule has 0 saturated carbocycles. The minimum absolute atomic E-state index is 0.0790. The van der Waals surface area contributed by atoms with Crippen molar-refractivity contribution < 1.29 is 19.1 Å². The van der Waals surface area contributed by atoms with Gasteiger partial charge in [-0.25, -0.2) is 4.39 Å². The van der Waals surface area contributed by atoms with Crippen LogP contribution < -0.4 is 0 Å². The van der Waals surface area contributed by atoms with E-state index in [4.69, 9.17) is 5.11 Å². The standard InChI is InChI=1S/C11H9FO3/c12-7-1-2-8-6(4-11(14)15)3-10(13)9(8)5-7/h1-2,5-6H,3-4H2,(H,14,15). The summed E-state index contributed by atoms with van der Waals surface area (Å²) in [6.45, 7) is 0. The van der Waals surface area contributed by atoms with Gasteiger partial charge >= 0.3 is 5.97 Å². The van der Waals surface area contributed by atoms with Crippen molar-refractivity contribution >= 4 is 11.8 Å². The Morgan fingerprint density at radius 1 is 1.53 bits per heavy atom. The first-order chi connectivity index (χ1) is 7.08. The van der Waals surface area contributed by atoms with Gasteiger partial charge in [-0.1, -0.05) is 6.07 Å². The van der Waals surface area contributed by atoms with Crippen molar-refractivity contribution in [1.29, 1.82) is 0 Å². The molecular formula is C11H9FO3. The highest BCUT2D eigenvalue weighted by Crippen LogP contribution is 2.35. The minimum Gasteiger partial charge on any atom is -0.481 e. The van der Waals surface area contributed by atoms with E-state index in [0.29, 0.717) is 11.1 Å². The number of hydrogen-bond acceptors (Lipinski definition) is 2. The first-order valence-corrected chi connectivity index (χ1v) is 4.62. The van der Waals surface area contributed by atoms with E-state index in [1.165, 1.54) is 18.2 Å². The highest BCUT2D eigenvalue weighted by Gasteiger charge is 2.30. The van der Waals surface area contributed by atoms with Crippen LogP contribution in [0.2, 0.25) is 0 Å². The maximum Gasteiger partial charge on any atom is 0.303 e. The minimum atomic E-state index is -0.940. The molecule has 1 aromatic rings. The van der Waals surface area contributed by atoms with Crippen LogP contribution in [0.3, 0.4) is 0 Å². The number of carboxylic acid groups (broad SMARTS) is 1. The number of hydrogen-bond donors (Lipinski definition) is 1. The van der Waals surface area contributed by atoms with Crippen LogP contribution in [0.1, 0.15) is 34.7 Å². The predicted octanol–water partition coefficient (Wildman–Crippen LogP) is 1.97.